The molecule has 2 aromatic rings. The fourth-order valence-corrected chi connectivity index (χ4v) is 3.36. The van der Waals surface area contributed by atoms with Crippen LogP contribution in [0.3, 0.4) is 0 Å². The third-order valence-corrected chi connectivity index (χ3v) is 4.86. The van der Waals surface area contributed by atoms with Gasteiger partial charge in [0.25, 0.3) is 5.91 Å². The zero-order chi connectivity index (χ0) is 18.1. The van der Waals surface area contributed by atoms with Crippen molar-refractivity contribution in [2.75, 3.05) is 18.0 Å². The Labute approximate surface area is 149 Å². The summed E-state index contributed by atoms with van der Waals surface area (Å²) in [5.41, 5.74) is 4.93. The molecular weight excluding hydrogens is 312 g/mol. The van der Waals surface area contributed by atoms with E-state index in [-0.39, 0.29) is 11.8 Å². The van der Waals surface area contributed by atoms with Crippen LogP contribution in [0.25, 0.3) is 0 Å². The van der Waals surface area contributed by atoms with Crippen LogP contribution in [0.15, 0.2) is 42.5 Å². The van der Waals surface area contributed by atoms with Crippen LogP contribution in [0.1, 0.15) is 34.0 Å². The number of hydrogen-bond donors (Lipinski definition) is 0. The van der Waals surface area contributed by atoms with Crippen LogP contribution in [0.2, 0.25) is 0 Å². The zero-order valence-corrected chi connectivity index (χ0v) is 15.2. The van der Waals surface area contributed by atoms with Gasteiger partial charge in [-0.15, -0.1) is 0 Å². The second-order valence-corrected chi connectivity index (χ2v) is 6.82. The monoisotopic (exact) mass is 336 g/mol. The first-order valence-corrected chi connectivity index (χ1v) is 8.65. The summed E-state index contributed by atoms with van der Waals surface area (Å²) in [6.07, 6.45) is 0. The molecule has 0 radical (unpaired) electrons. The average Bonchev–Trinajstić information content (AvgIpc) is 2.58. The highest BCUT2D eigenvalue weighted by atomic mass is 16.2. The highest BCUT2D eigenvalue weighted by Crippen LogP contribution is 2.25. The van der Waals surface area contributed by atoms with Crippen LogP contribution in [0.4, 0.5) is 5.69 Å². The largest absolute Gasteiger partial charge is 0.325 e. The summed E-state index contributed by atoms with van der Waals surface area (Å²) in [6, 6.07) is 13.1. The first-order chi connectivity index (χ1) is 11.9. The Bertz CT molecular complexity index is 811. The van der Waals surface area contributed by atoms with E-state index in [1.165, 1.54) is 5.56 Å². The molecule has 4 heteroatoms. The van der Waals surface area contributed by atoms with E-state index in [0.717, 1.165) is 16.8 Å². The molecule has 0 aliphatic carbocycles. The Balaban J connectivity index is 1.81. The number of piperazine rings is 1. The predicted molar refractivity (Wildman–Crippen MR) is 99.9 cm³/mol. The molecule has 0 aromatic heterocycles. The van der Waals surface area contributed by atoms with Crippen molar-refractivity contribution in [3.05, 3.63) is 64.7 Å². The Morgan fingerprint density at radius 1 is 0.960 bits per heavy atom. The molecule has 25 heavy (non-hydrogen) atoms. The van der Waals surface area contributed by atoms with Crippen molar-refractivity contribution in [2.45, 2.75) is 33.7 Å². The van der Waals surface area contributed by atoms with Gasteiger partial charge in [0.1, 0.15) is 6.04 Å². The molecule has 4 nitrogen and oxygen atoms in total. The van der Waals surface area contributed by atoms with Gasteiger partial charge in [0, 0.05) is 24.3 Å². The summed E-state index contributed by atoms with van der Waals surface area (Å²) in [5.74, 6) is -0.111. The van der Waals surface area contributed by atoms with Gasteiger partial charge in [-0.25, -0.2) is 0 Å². The van der Waals surface area contributed by atoms with Crippen molar-refractivity contribution in [1.82, 2.24) is 4.90 Å². The van der Waals surface area contributed by atoms with Gasteiger partial charge in [0.05, 0.1) is 0 Å². The van der Waals surface area contributed by atoms with Crippen LogP contribution in [0.5, 0.6) is 0 Å². The number of amides is 2. The highest BCUT2D eigenvalue weighted by molar-refractivity contribution is 6.03. The maximum Gasteiger partial charge on any atom is 0.254 e. The summed E-state index contributed by atoms with van der Waals surface area (Å²) in [7, 11) is 0. The second-order valence-electron chi connectivity index (χ2n) is 6.82. The van der Waals surface area contributed by atoms with Crippen LogP contribution in [-0.2, 0) is 4.79 Å². The maximum atomic E-state index is 12.9. The Morgan fingerprint density at radius 2 is 1.60 bits per heavy atom. The second kappa shape index (κ2) is 6.71. The molecular formula is C21H24N2O2. The van der Waals surface area contributed by atoms with Crippen molar-refractivity contribution < 1.29 is 9.59 Å². The Kier molecular flexibility index (Phi) is 4.62. The molecule has 0 bridgehead atoms. The number of carbonyl (C=O) groups excluding carboxylic acids is 2. The standard InChI is InChI=1S/C21H24N2O2/c1-14-5-8-18(9-6-14)21(25)22-11-12-23(20(24)17(22)4)19-10-7-15(2)13-16(19)3/h5-10,13,17H,11-12H2,1-4H3/t17-/m0/s1. The molecule has 0 saturated carbocycles. The number of anilines is 1. The summed E-state index contributed by atoms with van der Waals surface area (Å²) in [5, 5.41) is 0. The van der Waals surface area contributed by atoms with Gasteiger partial charge in [0.2, 0.25) is 5.91 Å². The molecule has 1 atom stereocenters. The lowest BCUT2D eigenvalue weighted by Crippen LogP contribution is -2.57. The van der Waals surface area contributed by atoms with Crippen molar-refractivity contribution in [1.29, 1.82) is 0 Å². The lowest BCUT2D eigenvalue weighted by molar-refractivity contribution is -0.124. The Hall–Kier alpha value is -2.62. The van der Waals surface area contributed by atoms with Crippen molar-refractivity contribution in [2.24, 2.45) is 0 Å². The Morgan fingerprint density at radius 3 is 2.24 bits per heavy atom. The average molecular weight is 336 g/mol. The number of nitrogens with zero attached hydrogens (tertiary/aromatic N) is 2. The van der Waals surface area contributed by atoms with Crippen LogP contribution >= 0.6 is 0 Å². The minimum absolute atomic E-state index is 0.0290. The minimum Gasteiger partial charge on any atom is -0.325 e. The number of benzene rings is 2. The number of carbonyl (C=O) groups is 2. The smallest absolute Gasteiger partial charge is 0.254 e. The molecule has 0 N–H and O–H groups in total. The van der Waals surface area contributed by atoms with Gasteiger partial charge in [-0.3, -0.25) is 9.59 Å². The lowest BCUT2D eigenvalue weighted by Gasteiger charge is -2.39. The van der Waals surface area contributed by atoms with E-state index in [4.69, 9.17) is 0 Å². The van der Waals surface area contributed by atoms with Crippen molar-refractivity contribution >= 4 is 17.5 Å². The van der Waals surface area contributed by atoms with Gasteiger partial charge in [-0.1, -0.05) is 35.4 Å². The summed E-state index contributed by atoms with van der Waals surface area (Å²) in [4.78, 5) is 29.1. The molecule has 130 valence electrons. The number of hydrogen-bond acceptors (Lipinski definition) is 2. The first kappa shape index (κ1) is 17.2. The molecule has 1 aliphatic heterocycles. The van der Waals surface area contributed by atoms with E-state index in [1.807, 2.05) is 64.1 Å². The topological polar surface area (TPSA) is 40.6 Å². The van der Waals surface area contributed by atoms with E-state index < -0.39 is 6.04 Å². The van der Waals surface area contributed by atoms with Gasteiger partial charge in [0.15, 0.2) is 0 Å². The molecule has 1 saturated heterocycles. The van der Waals surface area contributed by atoms with Gasteiger partial charge < -0.3 is 9.80 Å². The zero-order valence-electron chi connectivity index (χ0n) is 15.2. The molecule has 2 amide bonds. The van der Waals surface area contributed by atoms with E-state index in [0.29, 0.717) is 18.7 Å². The van der Waals surface area contributed by atoms with Gasteiger partial charge in [-0.05, 0) is 51.5 Å². The van der Waals surface area contributed by atoms with Crippen molar-refractivity contribution in [3.63, 3.8) is 0 Å². The molecule has 1 fully saturated rings. The molecule has 0 spiro atoms. The molecule has 2 aromatic carbocycles. The number of aryl methyl sites for hydroxylation is 3. The number of rotatable bonds is 2. The fourth-order valence-electron chi connectivity index (χ4n) is 3.36. The lowest BCUT2D eigenvalue weighted by atomic mass is 10.1. The minimum atomic E-state index is -0.469. The van der Waals surface area contributed by atoms with E-state index in [1.54, 1.807) is 9.80 Å². The van der Waals surface area contributed by atoms with E-state index in [2.05, 4.69) is 6.07 Å². The summed E-state index contributed by atoms with van der Waals surface area (Å²) >= 11 is 0. The molecule has 0 unspecified atom stereocenters. The molecule has 1 heterocycles. The first-order valence-electron chi connectivity index (χ1n) is 8.65. The van der Waals surface area contributed by atoms with Gasteiger partial charge >= 0.3 is 0 Å². The fraction of sp³-hybridized carbons (Fsp3) is 0.333. The van der Waals surface area contributed by atoms with Crippen LogP contribution in [-0.4, -0.2) is 35.8 Å². The molecule has 3 rings (SSSR count). The highest BCUT2D eigenvalue weighted by Gasteiger charge is 2.35. The van der Waals surface area contributed by atoms with E-state index in [9.17, 15) is 9.59 Å². The SMILES string of the molecule is Cc1ccc(C(=O)N2CCN(c3ccc(C)cc3C)C(=O)[C@@H]2C)cc1. The summed E-state index contributed by atoms with van der Waals surface area (Å²) < 4.78 is 0. The maximum absolute atomic E-state index is 12.9. The quantitative estimate of drug-likeness (QED) is 0.842. The van der Waals surface area contributed by atoms with Crippen LogP contribution < -0.4 is 4.90 Å². The third kappa shape index (κ3) is 3.29. The third-order valence-electron chi connectivity index (χ3n) is 4.86. The van der Waals surface area contributed by atoms with Crippen LogP contribution in [0, 0.1) is 20.8 Å². The predicted octanol–water partition coefficient (Wildman–Crippen LogP) is 3.49. The van der Waals surface area contributed by atoms with Gasteiger partial charge in [-0.2, -0.15) is 0 Å². The van der Waals surface area contributed by atoms with E-state index >= 15 is 0 Å². The molecule has 1 aliphatic rings. The van der Waals surface area contributed by atoms with Crippen molar-refractivity contribution in [3.8, 4) is 0 Å². The summed E-state index contributed by atoms with van der Waals surface area (Å²) in [6.45, 7) is 8.91. The normalized spacial score (nSPS) is 17.8.